The summed E-state index contributed by atoms with van der Waals surface area (Å²) in [5.41, 5.74) is 1.19. The summed E-state index contributed by atoms with van der Waals surface area (Å²) in [4.78, 5) is 23.3. The lowest BCUT2D eigenvalue weighted by molar-refractivity contribution is -0.683. The largest absolute Gasteiger partial charge is 1.00 e. The third-order valence-corrected chi connectivity index (χ3v) is 3.01. The Morgan fingerprint density at radius 2 is 1.75 bits per heavy atom. The van der Waals surface area contributed by atoms with Crippen LogP contribution in [0.5, 0.6) is 0 Å². The Bertz CT molecular complexity index is 626. The molecule has 5 heteroatoms. The summed E-state index contributed by atoms with van der Waals surface area (Å²) in [5, 5.41) is 0.600. The van der Waals surface area contributed by atoms with Gasteiger partial charge in [0.2, 0.25) is 12.3 Å². The number of pyridine rings is 1. The van der Waals surface area contributed by atoms with Crippen LogP contribution in [-0.4, -0.2) is 11.6 Å². The molecule has 0 spiro atoms. The van der Waals surface area contributed by atoms with Crippen molar-refractivity contribution in [2.75, 3.05) is 0 Å². The Hall–Kier alpha value is -1.52. The number of carbonyl (C=O) groups is 2. The van der Waals surface area contributed by atoms with E-state index < -0.39 is 0 Å². The molecule has 0 fully saturated rings. The van der Waals surface area contributed by atoms with Gasteiger partial charge in [0.1, 0.15) is 0 Å². The summed E-state index contributed by atoms with van der Waals surface area (Å²) >= 11 is 5.78. The van der Waals surface area contributed by atoms with E-state index >= 15 is 0 Å². The van der Waals surface area contributed by atoms with Crippen LogP contribution in [0.3, 0.4) is 0 Å². The standard InChI is InChI=1S/C15H13ClNO2.BrH/c1-11(18)13-3-2-8-17(9-13)10-15(19)12-4-6-14(16)7-5-12;/h2-9H,10H2,1H3;1H/q+1;/p-1. The highest BCUT2D eigenvalue weighted by molar-refractivity contribution is 6.30. The summed E-state index contributed by atoms with van der Waals surface area (Å²) < 4.78 is 1.70. The smallest absolute Gasteiger partial charge is 0.227 e. The van der Waals surface area contributed by atoms with Gasteiger partial charge in [0.15, 0.2) is 18.2 Å². The molecular weight excluding hydrogens is 342 g/mol. The Morgan fingerprint density at radius 3 is 2.35 bits per heavy atom. The van der Waals surface area contributed by atoms with Gasteiger partial charge in [0.05, 0.1) is 5.56 Å². The van der Waals surface area contributed by atoms with Gasteiger partial charge in [0, 0.05) is 16.7 Å². The second-order valence-electron chi connectivity index (χ2n) is 4.25. The third-order valence-electron chi connectivity index (χ3n) is 2.76. The molecule has 0 aliphatic carbocycles. The van der Waals surface area contributed by atoms with Crippen molar-refractivity contribution in [2.24, 2.45) is 0 Å². The maximum atomic E-state index is 12.1. The fourth-order valence-corrected chi connectivity index (χ4v) is 1.85. The molecule has 2 aromatic rings. The SMILES string of the molecule is CC(=O)c1ccc[n+](CC(=O)c2ccc(Cl)cc2)c1.[Br-]. The minimum atomic E-state index is -0.0256. The molecule has 0 bridgehead atoms. The number of hydrogen-bond acceptors (Lipinski definition) is 2. The molecule has 104 valence electrons. The van der Waals surface area contributed by atoms with Crippen LogP contribution in [0.4, 0.5) is 0 Å². The zero-order chi connectivity index (χ0) is 13.8. The van der Waals surface area contributed by atoms with E-state index in [4.69, 9.17) is 11.6 Å². The lowest BCUT2D eigenvalue weighted by Gasteiger charge is -1.99. The molecule has 0 aliphatic heterocycles. The number of nitrogens with zero attached hydrogens (tertiary/aromatic N) is 1. The van der Waals surface area contributed by atoms with E-state index in [-0.39, 0.29) is 35.1 Å². The quantitative estimate of drug-likeness (QED) is 0.559. The molecule has 0 atom stereocenters. The van der Waals surface area contributed by atoms with Crippen LogP contribution >= 0.6 is 11.6 Å². The second-order valence-corrected chi connectivity index (χ2v) is 4.69. The van der Waals surface area contributed by atoms with Gasteiger partial charge < -0.3 is 17.0 Å². The molecule has 0 aliphatic rings. The second kappa shape index (κ2) is 7.31. The molecule has 1 heterocycles. The van der Waals surface area contributed by atoms with Crippen molar-refractivity contribution in [3.63, 3.8) is 0 Å². The van der Waals surface area contributed by atoms with Crippen molar-refractivity contribution in [3.8, 4) is 0 Å². The number of rotatable bonds is 4. The summed E-state index contributed by atoms with van der Waals surface area (Å²) in [6.07, 6.45) is 3.44. The van der Waals surface area contributed by atoms with E-state index in [9.17, 15) is 9.59 Å². The summed E-state index contributed by atoms with van der Waals surface area (Å²) in [7, 11) is 0. The van der Waals surface area contributed by atoms with Gasteiger partial charge in [-0.05, 0) is 37.3 Å². The monoisotopic (exact) mass is 353 g/mol. The Labute approximate surface area is 133 Å². The average Bonchev–Trinajstić information content (AvgIpc) is 2.39. The lowest BCUT2D eigenvalue weighted by atomic mass is 10.1. The molecule has 0 unspecified atom stereocenters. The van der Waals surface area contributed by atoms with Gasteiger partial charge in [-0.3, -0.25) is 9.59 Å². The van der Waals surface area contributed by atoms with Crippen molar-refractivity contribution < 1.29 is 31.1 Å². The molecule has 2 rings (SSSR count). The maximum Gasteiger partial charge on any atom is 0.227 e. The minimum Gasteiger partial charge on any atom is -1.00 e. The molecule has 0 saturated carbocycles. The summed E-state index contributed by atoms with van der Waals surface area (Å²) in [6.45, 7) is 1.70. The Morgan fingerprint density at radius 1 is 1.10 bits per heavy atom. The lowest BCUT2D eigenvalue weighted by Crippen LogP contribution is -3.00. The highest BCUT2D eigenvalue weighted by atomic mass is 79.9. The van der Waals surface area contributed by atoms with Crippen LogP contribution < -0.4 is 21.5 Å². The van der Waals surface area contributed by atoms with Crippen LogP contribution in [0.2, 0.25) is 5.02 Å². The van der Waals surface area contributed by atoms with Crippen molar-refractivity contribution in [1.29, 1.82) is 0 Å². The van der Waals surface area contributed by atoms with Gasteiger partial charge in [-0.25, -0.2) is 0 Å². The van der Waals surface area contributed by atoms with Crippen LogP contribution in [0.1, 0.15) is 27.6 Å². The van der Waals surface area contributed by atoms with E-state index in [1.165, 1.54) is 6.92 Å². The van der Waals surface area contributed by atoms with Crippen molar-refractivity contribution in [3.05, 3.63) is 64.9 Å². The minimum absolute atomic E-state index is 0. The zero-order valence-electron chi connectivity index (χ0n) is 10.8. The zero-order valence-corrected chi connectivity index (χ0v) is 13.2. The van der Waals surface area contributed by atoms with Gasteiger partial charge in [-0.2, -0.15) is 4.57 Å². The molecule has 3 nitrogen and oxygen atoms in total. The highest BCUT2D eigenvalue weighted by Gasteiger charge is 2.13. The first kappa shape index (κ1) is 16.5. The van der Waals surface area contributed by atoms with Crippen LogP contribution in [-0.2, 0) is 6.54 Å². The highest BCUT2D eigenvalue weighted by Crippen LogP contribution is 2.10. The first-order valence-electron chi connectivity index (χ1n) is 5.85. The van der Waals surface area contributed by atoms with E-state index in [0.29, 0.717) is 16.1 Å². The molecule has 0 radical (unpaired) electrons. The first-order valence-corrected chi connectivity index (χ1v) is 6.23. The number of benzene rings is 1. The van der Waals surface area contributed by atoms with E-state index in [1.54, 1.807) is 53.4 Å². The maximum absolute atomic E-state index is 12.1. The number of hydrogen-bond donors (Lipinski definition) is 0. The molecule has 1 aromatic heterocycles. The Kier molecular flexibility index (Phi) is 6.05. The number of Topliss-reactive ketones (excluding diaryl/α,β-unsaturated/α-hetero) is 2. The molecule has 0 amide bonds. The molecule has 0 N–H and O–H groups in total. The van der Waals surface area contributed by atoms with E-state index in [2.05, 4.69) is 0 Å². The van der Waals surface area contributed by atoms with E-state index in [0.717, 1.165) is 0 Å². The average molecular weight is 355 g/mol. The van der Waals surface area contributed by atoms with Gasteiger partial charge in [-0.15, -0.1) is 0 Å². The predicted molar refractivity (Wildman–Crippen MR) is 72.4 cm³/mol. The Balaban J connectivity index is 0.00000200. The number of ketones is 2. The fourth-order valence-electron chi connectivity index (χ4n) is 1.72. The molecule has 0 saturated heterocycles. The molecule has 20 heavy (non-hydrogen) atoms. The van der Waals surface area contributed by atoms with Gasteiger partial charge in [0.25, 0.3) is 0 Å². The van der Waals surface area contributed by atoms with Crippen LogP contribution in [0.25, 0.3) is 0 Å². The molecule has 1 aromatic carbocycles. The predicted octanol–water partition coefficient (Wildman–Crippen LogP) is -0.283. The van der Waals surface area contributed by atoms with E-state index in [1.807, 2.05) is 0 Å². The number of aromatic nitrogens is 1. The summed E-state index contributed by atoms with van der Waals surface area (Å²) in [6, 6.07) is 10.2. The van der Waals surface area contributed by atoms with Crippen molar-refractivity contribution in [2.45, 2.75) is 13.5 Å². The van der Waals surface area contributed by atoms with Crippen LogP contribution in [0, 0.1) is 0 Å². The number of carbonyl (C=O) groups excluding carboxylic acids is 2. The first-order chi connectivity index (χ1) is 9.06. The van der Waals surface area contributed by atoms with Crippen molar-refractivity contribution in [1.82, 2.24) is 0 Å². The van der Waals surface area contributed by atoms with Crippen molar-refractivity contribution >= 4 is 23.2 Å². The molecular formula is C15H13BrClNO2. The normalized spacial score (nSPS) is 9.70. The van der Waals surface area contributed by atoms with Crippen LogP contribution in [0.15, 0.2) is 48.8 Å². The fraction of sp³-hybridized carbons (Fsp3) is 0.133. The van der Waals surface area contributed by atoms with Gasteiger partial charge in [-0.1, -0.05) is 11.6 Å². The number of halogens is 2. The van der Waals surface area contributed by atoms with Gasteiger partial charge >= 0.3 is 0 Å². The third kappa shape index (κ3) is 4.25. The topological polar surface area (TPSA) is 38.0 Å². The summed E-state index contributed by atoms with van der Waals surface area (Å²) in [5.74, 6) is -0.0457.